The second-order valence-corrected chi connectivity index (χ2v) is 12.7. The minimum absolute atomic E-state index is 0.0412. The number of phenolic OH excluding ortho intramolecular Hbond substituents is 2. The Balaban J connectivity index is 1.54. The molecule has 6 nitrogen and oxygen atoms in total. The lowest BCUT2D eigenvalue weighted by atomic mass is 9.66. The number of fused-ring (bicyclic) bond motifs is 2. The Kier molecular flexibility index (Phi) is 5.90. The Morgan fingerprint density at radius 1 is 0.778 bits per heavy atom. The van der Waals surface area contributed by atoms with E-state index in [0.717, 1.165) is 89.9 Å². The first-order valence-corrected chi connectivity index (χ1v) is 14.3. The second-order valence-electron chi connectivity index (χ2n) is 12.7. The normalized spacial score (nSPS) is 31.8. The molecule has 2 heterocycles. The zero-order valence-electron chi connectivity index (χ0n) is 21.7. The topological polar surface area (TPSA) is 93.1 Å². The highest BCUT2D eigenvalue weighted by molar-refractivity contribution is 6.11. The van der Waals surface area contributed by atoms with Crippen molar-refractivity contribution in [1.29, 1.82) is 0 Å². The van der Waals surface area contributed by atoms with Crippen LogP contribution in [0.5, 0.6) is 17.2 Å². The van der Waals surface area contributed by atoms with E-state index in [1.54, 1.807) is 0 Å². The SMILES string of the molecule is CC1(C)CC2C3CCCC2(Oc2c(C(=O)C4CCCCC4)c(O)c(C(=O)C4CCCCC4)c(O)c23)O1. The van der Waals surface area contributed by atoms with Crippen molar-refractivity contribution < 1.29 is 29.3 Å². The summed E-state index contributed by atoms with van der Waals surface area (Å²) >= 11 is 0. The maximum atomic E-state index is 14.0. The summed E-state index contributed by atoms with van der Waals surface area (Å²) in [5.41, 5.74) is 0.251. The first-order valence-electron chi connectivity index (χ1n) is 14.3. The molecule has 4 fully saturated rings. The van der Waals surface area contributed by atoms with Gasteiger partial charge in [-0.05, 0) is 58.8 Å². The van der Waals surface area contributed by atoms with E-state index < -0.39 is 5.79 Å². The number of Topliss-reactive ketones (excluding diaryl/α,β-unsaturated/α-hetero) is 2. The highest BCUT2D eigenvalue weighted by Gasteiger charge is 2.62. The Morgan fingerprint density at radius 3 is 1.97 bits per heavy atom. The molecule has 5 aliphatic rings. The molecule has 2 aliphatic heterocycles. The van der Waals surface area contributed by atoms with Gasteiger partial charge in [-0.25, -0.2) is 0 Å². The van der Waals surface area contributed by atoms with Crippen LogP contribution in [0.15, 0.2) is 0 Å². The Morgan fingerprint density at radius 2 is 1.36 bits per heavy atom. The summed E-state index contributed by atoms with van der Waals surface area (Å²) in [6.07, 6.45) is 12.4. The van der Waals surface area contributed by atoms with E-state index >= 15 is 0 Å². The summed E-state index contributed by atoms with van der Waals surface area (Å²) in [5.74, 6) is -1.93. The minimum atomic E-state index is -0.852. The van der Waals surface area contributed by atoms with E-state index in [1.807, 2.05) is 0 Å². The van der Waals surface area contributed by atoms with Crippen LogP contribution in [0.2, 0.25) is 0 Å². The van der Waals surface area contributed by atoms with Gasteiger partial charge < -0.3 is 19.7 Å². The van der Waals surface area contributed by atoms with Crippen LogP contribution in [-0.2, 0) is 4.74 Å². The Bertz CT molecular complexity index is 1080. The number of ketones is 2. The van der Waals surface area contributed by atoms with Gasteiger partial charge in [-0.2, -0.15) is 0 Å². The molecule has 6 heteroatoms. The van der Waals surface area contributed by atoms with Crippen LogP contribution >= 0.6 is 0 Å². The number of rotatable bonds is 4. The van der Waals surface area contributed by atoms with Crippen LogP contribution in [0.3, 0.4) is 0 Å². The van der Waals surface area contributed by atoms with E-state index in [0.29, 0.717) is 5.56 Å². The summed E-state index contributed by atoms with van der Waals surface area (Å²) in [4.78, 5) is 27.8. The molecule has 2 N–H and O–H groups in total. The molecule has 0 aromatic heterocycles. The largest absolute Gasteiger partial charge is 0.507 e. The van der Waals surface area contributed by atoms with Crippen LogP contribution in [0.4, 0.5) is 0 Å². The summed E-state index contributed by atoms with van der Waals surface area (Å²) in [7, 11) is 0. The van der Waals surface area contributed by atoms with Crippen molar-refractivity contribution in [1.82, 2.24) is 0 Å². The van der Waals surface area contributed by atoms with Crippen LogP contribution < -0.4 is 4.74 Å². The van der Waals surface area contributed by atoms with Gasteiger partial charge in [-0.15, -0.1) is 0 Å². The van der Waals surface area contributed by atoms with Gasteiger partial charge in [-0.3, -0.25) is 9.59 Å². The Labute approximate surface area is 213 Å². The number of ether oxygens (including phenoxy) is 2. The molecule has 1 saturated heterocycles. The van der Waals surface area contributed by atoms with Gasteiger partial charge in [0.15, 0.2) is 11.6 Å². The van der Waals surface area contributed by atoms with E-state index in [-0.39, 0.29) is 69.2 Å². The molecule has 36 heavy (non-hydrogen) atoms. The highest BCUT2D eigenvalue weighted by Crippen LogP contribution is 2.64. The fourth-order valence-electron chi connectivity index (χ4n) is 8.16. The average Bonchev–Trinajstić information content (AvgIpc) is 3.15. The number of carbonyl (C=O) groups is 2. The molecule has 196 valence electrons. The molecule has 3 unspecified atom stereocenters. The summed E-state index contributed by atoms with van der Waals surface area (Å²) in [6, 6.07) is 0. The molecule has 3 saturated carbocycles. The number of benzene rings is 1. The third-order valence-corrected chi connectivity index (χ3v) is 9.78. The predicted octanol–water partition coefficient (Wildman–Crippen LogP) is 6.80. The first kappa shape index (κ1) is 24.3. The number of aromatic hydroxyl groups is 2. The van der Waals surface area contributed by atoms with Crippen LogP contribution in [0.25, 0.3) is 0 Å². The van der Waals surface area contributed by atoms with E-state index in [1.165, 1.54) is 0 Å². The number of hydrogen-bond donors (Lipinski definition) is 2. The molecule has 2 bridgehead atoms. The predicted molar refractivity (Wildman–Crippen MR) is 135 cm³/mol. The summed E-state index contributed by atoms with van der Waals surface area (Å²) in [5, 5.41) is 23.3. The lowest BCUT2D eigenvalue weighted by molar-refractivity contribution is -0.234. The molecular weight excluding hydrogens is 456 g/mol. The van der Waals surface area contributed by atoms with Gasteiger partial charge in [0.2, 0.25) is 5.79 Å². The van der Waals surface area contributed by atoms with Crippen molar-refractivity contribution in [2.24, 2.45) is 17.8 Å². The lowest BCUT2D eigenvalue weighted by Crippen LogP contribution is -2.50. The van der Waals surface area contributed by atoms with Crippen molar-refractivity contribution in [3.8, 4) is 17.2 Å². The number of hydrogen-bond acceptors (Lipinski definition) is 6. The molecule has 1 aromatic carbocycles. The average molecular weight is 497 g/mol. The zero-order chi connectivity index (χ0) is 25.2. The highest BCUT2D eigenvalue weighted by atomic mass is 16.7. The minimum Gasteiger partial charge on any atom is -0.507 e. The molecule has 0 radical (unpaired) electrons. The zero-order valence-corrected chi connectivity index (χ0v) is 21.7. The van der Waals surface area contributed by atoms with Gasteiger partial charge in [0.1, 0.15) is 28.4 Å². The fourth-order valence-corrected chi connectivity index (χ4v) is 8.16. The van der Waals surface area contributed by atoms with Crippen molar-refractivity contribution in [2.45, 2.75) is 121 Å². The number of carbonyl (C=O) groups excluding carboxylic acids is 2. The van der Waals surface area contributed by atoms with Gasteiger partial charge >= 0.3 is 0 Å². The van der Waals surface area contributed by atoms with Crippen LogP contribution in [0.1, 0.15) is 136 Å². The molecule has 1 aromatic rings. The smallest absolute Gasteiger partial charge is 0.214 e. The van der Waals surface area contributed by atoms with E-state index in [9.17, 15) is 19.8 Å². The monoisotopic (exact) mass is 496 g/mol. The molecule has 3 aliphatic carbocycles. The first-order chi connectivity index (χ1) is 17.2. The van der Waals surface area contributed by atoms with Crippen molar-refractivity contribution in [3.05, 3.63) is 16.7 Å². The van der Waals surface area contributed by atoms with Crippen LogP contribution in [-0.4, -0.2) is 33.2 Å². The standard InChI is InChI=1S/C30H40O6/c1-29(2)16-20-19-14-9-15-30(20,36-29)35-28-21(19)26(33)22(24(31)17-10-5-3-6-11-17)27(34)23(28)25(32)18-12-7-4-8-13-18/h17-20,33-34H,3-16H2,1-2H3. The van der Waals surface area contributed by atoms with E-state index in [4.69, 9.17) is 9.47 Å². The lowest BCUT2D eigenvalue weighted by Gasteiger charge is -2.48. The van der Waals surface area contributed by atoms with Crippen molar-refractivity contribution >= 4 is 11.6 Å². The Hall–Kier alpha value is -2.08. The fraction of sp³-hybridized carbons (Fsp3) is 0.733. The third-order valence-electron chi connectivity index (χ3n) is 9.78. The maximum absolute atomic E-state index is 14.0. The quantitative estimate of drug-likeness (QED) is 0.446. The van der Waals surface area contributed by atoms with Gasteiger partial charge in [-0.1, -0.05) is 38.5 Å². The van der Waals surface area contributed by atoms with Gasteiger partial charge in [0.05, 0.1) is 5.60 Å². The van der Waals surface area contributed by atoms with Crippen molar-refractivity contribution in [2.75, 3.05) is 0 Å². The molecular formula is C30H40O6. The van der Waals surface area contributed by atoms with Gasteiger partial charge in [0, 0.05) is 35.7 Å². The molecule has 0 amide bonds. The molecule has 0 spiro atoms. The van der Waals surface area contributed by atoms with Crippen LogP contribution in [0, 0.1) is 17.8 Å². The third kappa shape index (κ3) is 3.69. The second kappa shape index (κ2) is 8.75. The van der Waals surface area contributed by atoms with Crippen molar-refractivity contribution in [3.63, 3.8) is 0 Å². The summed E-state index contributed by atoms with van der Waals surface area (Å²) < 4.78 is 13.2. The summed E-state index contributed by atoms with van der Waals surface area (Å²) in [6.45, 7) is 4.12. The molecule has 3 atom stereocenters. The number of phenols is 2. The van der Waals surface area contributed by atoms with E-state index in [2.05, 4.69) is 13.8 Å². The van der Waals surface area contributed by atoms with Gasteiger partial charge in [0.25, 0.3) is 0 Å². The maximum Gasteiger partial charge on any atom is 0.214 e. The molecule has 6 rings (SSSR count).